The number of nitrogens with one attached hydrogen (secondary N) is 1. The zero-order chi connectivity index (χ0) is 18.7. The third-order valence-electron chi connectivity index (χ3n) is 4.36. The summed E-state index contributed by atoms with van der Waals surface area (Å²) in [6, 6.07) is 13.5. The number of rotatable bonds is 6. The van der Waals surface area contributed by atoms with E-state index >= 15 is 0 Å². The fourth-order valence-corrected chi connectivity index (χ4v) is 3.20. The number of benzene rings is 2. The van der Waals surface area contributed by atoms with Gasteiger partial charge < -0.3 is 14.2 Å². The van der Waals surface area contributed by atoms with Crippen molar-refractivity contribution in [2.75, 3.05) is 21.2 Å². The molecule has 136 valence electrons. The molecule has 0 aliphatic heterocycles. The van der Waals surface area contributed by atoms with E-state index in [0.29, 0.717) is 17.9 Å². The van der Waals surface area contributed by atoms with Gasteiger partial charge in [0, 0.05) is 30.2 Å². The maximum atomic E-state index is 12.1. The summed E-state index contributed by atoms with van der Waals surface area (Å²) in [7, 11) is 5.63. The lowest BCUT2D eigenvalue weighted by molar-refractivity contribution is 0.0705. The van der Waals surface area contributed by atoms with Crippen LogP contribution in [0.3, 0.4) is 0 Å². The molecule has 2 N–H and O–H groups in total. The zero-order valence-electron chi connectivity index (χ0n) is 15.2. The molecule has 0 radical (unpaired) electrons. The number of carbonyl (C=O) groups excluding carboxylic acids is 1. The van der Waals surface area contributed by atoms with E-state index in [4.69, 9.17) is 9.94 Å². The number of nitrogens with zero attached hydrogens (tertiary/aromatic N) is 2. The topological polar surface area (TPSA) is 66.7 Å². The highest BCUT2D eigenvalue weighted by molar-refractivity contribution is 5.95. The third-order valence-corrected chi connectivity index (χ3v) is 4.36. The second-order valence-corrected chi connectivity index (χ2v) is 6.50. The highest BCUT2D eigenvalue weighted by Gasteiger charge is 2.15. The molecule has 1 aromatic heterocycles. The lowest BCUT2D eigenvalue weighted by atomic mass is 10.1. The van der Waals surface area contributed by atoms with Crippen LogP contribution in [-0.4, -0.2) is 41.8 Å². The van der Waals surface area contributed by atoms with Gasteiger partial charge in [-0.3, -0.25) is 10.0 Å². The van der Waals surface area contributed by atoms with E-state index in [9.17, 15) is 4.79 Å². The van der Waals surface area contributed by atoms with E-state index in [1.54, 1.807) is 18.7 Å². The first kappa shape index (κ1) is 18.0. The molecule has 6 heteroatoms. The Kier molecular flexibility index (Phi) is 5.25. The van der Waals surface area contributed by atoms with Gasteiger partial charge in [-0.2, -0.15) is 0 Å². The second kappa shape index (κ2) is 7.59. The van der Waals surface area contributed by atoms with Crippen LogP contribution in [0, 0.1) is 0 Å². The number of fused-ring (bicyclic) bond motifs is 1. The summed E-state index contributed by atoms with van der Waals surface area (Å²) in [4.78, 5) is 14.2. The molecule has 3 aromatic rings. The van der Waals surface area contributed by atoms with Crippen LogP contribution < -0.4 is 10.2 Å². The SMILES string of the molecule is COc1ccc(Cn2cc(CN(C)C)c3ccccc32)c(C(=O)NO)c1. The highest BCUT2D eigenvalue weighted by atomic mass is 16.5. The number of ether oxygens (including phenoxy) is 1. The van der Waals surface area contributed by atoms with Gasteiger partial charge in [0.25, 0.3) is 5.91 Å². The van der Waals surface area contributed by atoms with E-state index in [1.807, 2.05) is 38.4 Å². The summed E-state index contributed by atoms with van der Waals surface area (Å²) in [5, 5.41) is 10.3. The molecule has 0 atom stereocenters. The molecule has 2 aromatic carbocycles. The summed E-state index contributed by atoms with van der Waals surface area (Å²) in [6.07, 6.45) is 2.12. The van der Waals surface area contributed by atoms with Crippen LogP contribution in [0.5, 0.6) is 5.75 Å². The minimum absolute atomic E-state index is 0.388. The van der Waals surface area contributed by atoms with E-state index < -0.39 is 5.91 Å². The van der Waals surface area contributed by atoms with Crippen molar-refractivity contribution in [3.05, 3.63) is 65.4 Å². The summed E-state index contributed by atoms with van der Waals surface area (Å²) in [6.45, 7) is 1.35. The van der Waals surface area contributed by atoms with Gasteiger partial charge in [0.1, 0.15) is 5.75 Å². The predicted molar refractivity (Wildman–Crippen MR) is 101 cm³/mol. The average molecular weight is 353 g/mol. The van der Waals surface area contributed by atoms with E-state index in [0.717, 1.165) is 17.6 Å². The van der Waals surface area contributed by atoms with Crippen LogP contribution >= 0.6 is 0 Å². The maximum Gasteiger partial charge on any atom is 0.275 e. The number of amides is 1. The molecular weight excluding hydrogens is 330 g/mol. The number of carbonyl (C=O) groups is 1. The van der Waals surface area contributed by atoms with Crippen molar-refractivity contribution in [2.24, 2.45) is 0 Å². The van der Waals surface area contributed by atoms with Crippen LogP contribution in [0.25, 0.3) is 10.9 Å². The van der Waals surface area contributed by atoms with Gasteiger partial charge in [0.05, 0.1) is 12.7 Å². The standard InChI is InChI=1S/C20H23N3O3/c1-22(2)11-15-13-23(19-7-5-4-6-17(15)19)12-14-8-9-16(26-3)10-18(14)20(24)21-25/h4-10,13,25H,11-12H2,1-3H3,(H,21,24). The van der Waals surface area contributed by atoms with Crippen molar-refractivity contribution in [2.45, 2.75) is 13.1 Å². The second-order valence-electron chi connectivity index (χ2n) is 6.50. The Morgan fingerprint density at radius 2 is 1.96 bits per heavy atom. The molecular formula is C20H23N3O3. The minimum atomic E-state index is -0.552. The summed E-state index contributed by atoms with van der Waals surface area (Å²) in [5.41, 5.74) is 5.24. The Morgan fingerprint density at radius 3 is 2.65 bits per heavy atom. The number of hydrogen-bond acceptors (Lipinski definition) is 4. The normalized spacial score (nSPS) is 11.1. The van der Waals surface area contributed by atoms with Gasteiger partial charge >= 0.3 is 0 Å². The molecule has 0 saturated heterocycles. The van der Waals surface area contributed by atoms with Crippen molar-refractivity contribution in [1.82, 2.24) is 14.9 Å². The quantitative estimate of drug-likeness (QED) is 0.528. The fourth-order valence-electron chi connectivity index (χ4n) is 3.20. The third kappa shape index (κ3) is 3.56. The molecule has 0 fully saturated rings. The Morgan fingerprint density at radius 1 is 1.19 bits per heavy atom. The largest absolute Gasteiger partial charge is 0.497 e. The van der Waals surface area contributed by atoms with Gasteiger partial charge in [0.15, 0.2) is 0 Å². The van der Waals surface area contributed by atoms with Crippen molar-refractivity contribution in [3.8, 4) is 5.75 Å². The molecule has 0 saturated carbocycles. The first-order valence-electron chi connectivity index (χ1n) is 8.36. The predicted octanol–water partition coefficient (Wildman–Crippen LogP) is 2.88. The van der Waals surface area contributed by atoms with Crippen LogP contribution in [-0.2, 0) is 13.1 Å². The van der Waals surface area contributed by atoms with Crippen LogP contribution in [0.15, 0.2) is 48.7 Å². The number of hydroxylamine groups is 1. The summed E-state index contributed by atoms with van der Waals surface area (Å²) in [5.74, 6) is 0.0156. The molecule has 3 rings (SSSR count). The zero-order valence-corrected chi connectivity index (χ0v) is 15.2. The molecule has 0 aliphatic carbocycles. The Labute approximate surface area is 152 Å². The number of hydrogen-bond donors (Lipinski definition) is 2. The van der Waals surface area contributed by atoms with E-state index in [2.05, 4.69) is 27.8 Å². The first-order chi connectivity index (χ1) is 12.5. The number of aromatic nitrogens is 1. The van der Waals surface area contributed by atoms with Crippen LogP contribution in [0.2, 0.25) is 0 Å². The molecule has 1 amide bonds. The molecule has 0 unspecified atom stereocenters. The lowest BCUT2D eigenvalue weighted by Gasteiger charge is -2.12. The minimum Gasteiger partial charge on any atom is -0.497 e. The summed E-state index contributed by atoms with van der Waals surface area (Å²) >= 11 is 0. The van der Waals surface area contributed by atoms with Crippen LogP contribution in [0.4, 0.5) is 0 Å². The monoisotopic (exact) mass is 353 g/mol. The van der Waals surface area contributed by atoms with Crippen LogP contribution in [0.1, 0.15) is 21.5 Å². The Bertz CT molecular complexity index is 931. The molecule has 6 nitrogen and oxygen atoms in total. The molecule has 0 bridgehead atoms. The molecule has 0 aliphatic rings. The van der Waals surface area contributed by atoms with Crippen molar-refractivity contribution >= 4 is 16.8 Å². The summed E-state index contributed by atoms with van der Waals surface area (Å²) < 4.78 is 7.33. The van der Waals surface area contributed by atoms with Gasteiger partial charge in [-0.15, -0.1) is 0 Å². The van der Waals surface area contributed by atoms with Crippen molar-refractivity contribution < 1.29 is 14.7 Å². The fraction of sp³-hybridized carbons (Fsp3) is 0.250. The highest BCUT2D eigenvalue weighted by Crippen LogP contribution is 2.25. The smallest absolute Gasteiger partial charge is 0.275 e. The van der Waals surface area contributed by atoms with Gasteiger partial charge in [0.2, 0.25) is 0 Å². The number of para-hydroxylation sites is 1. The van der Waals surface area contributed by atoms with Gasteiger partial charge in [-0.05, 0) is 43.4 Å². The molecule has 0 spiro atoms. The maximum absolute atomic E-state index is 12.1. The molecule has 26 heavy (non-hydrogen) atoms. The average Bonchev–Trinajstić information content (AvgIpc) is 2.98. The van der Waals surface area contributed by atoms with Crippen molar-refractivity contribution in [1.29, 1.82) is 0 Å². The molecule has 1 heterocycles. The lowest BCUT2D eigenvalue weighted by Crippen LogP contribution is -2.21. The van der Waals surface area contributed by atoms with Gasteiger partial charge in [-0.1, -0.05) is 24.3 Å². The van der Waals surface area contributed by atoms with E-state index in [1.165, 1.54) is 10.9 Å². The Hall–Kier alpha value is -2.83. The van der Waals surface area contributed by atoms with Gasteiger partial charge in [-0.25, -0.2) is 5.48 Å². The number of methoxy groups -OCH3 is 1. The first-order valence-corrected chi connectivity index (χ1v) is 8.36. The van der Waals surface area contributed by atoms with E-state index in [-0.39, 0.29) is 0 Å². The Balaban J connectivity index is 2.05. The van der Waals surface area contributed by atoms with Crippen molar-refractivity contribution in [3.63, 3.8) is 0 Å².